The average Bonchev–Trinajstić information content (AvgIpc) is 3.03. The van der Waals surface area contributed by atoms with E-state index in [1.165, 1.54) is 13.2 Å². The highest BCUT2D eigenvalue weighted by Crippen LogP contribution is 2.38. The highest BCUT2D eigenvalue weighted by atomic mass is 16.6. The maximum atomic E-state index is 10.7. The zero-order chi connectivity index (χ0) is 17.3. The molecule has 7 nitrogen and oxygen atoms in total. The van der Waals surface area contributed by atoms with Crippen molar-refractivity contribution in [3.63, 3.8) is 0 Å². The lowest BCUT2D eigenvalue weighted by Crippen LogP contribution is -2.33. The highest BCUT2D eigenvalue weighted by Gasteiger charge is 2.28. The van der Waals surface area contributed by atoms with Crippen molar-refractivity contribution in [2.24, 2.45) is 0 Å². The van der Waals surface area contributed by atoms with E-state index in [9.17, 15) is 15.2 Å². The summed E-state index contributed by atoms with van der Waals surface area (Å²) in [7, 11) is 1.52. The predicted octanol–water partition coefficient (Wildman–Crippen LogP) is 3.19. The van der Waals surface area contributed by atoms with Crippen molar-refractivity contribution in [2.75, 3.05) is 13.7 Å². The summed E-state index contributed by atoms with van der Waals surface area (Å²) in [6.07, 6.45) is 2.57. The van der Waals surface area contributed by atoms with E-state index in [-0.39, 0.29) is 17.7 Å². The summed E-state index contributed by atoms with van der Waals surface area (Å²) >= 11 is 0. The Hall–Kier alpha value is -2.80. The van der Waals surface area contributed by atoms with Gasteiger partial charge in [-0.05, 0) is 35.7 Å². The topological polar surface area (TPSA) is 89.0 Å². The molecule has 0 aliphatic carbocycles. The number of phenols is 1. The second-order valence-electron chi connectivity index (χ2n) is 5.62. The molecular weight excluding hydrogens is 312 g/mol. The smallest absolute Gasteiger partial charge is 0.433 e. The first-order valence-electron chi connectivity index (χ1n) is 7.53. The first kappa shape index (κ1) is 16.1. The lowest BCUT2D eigenvalue weighted by atomic mass is 9.91. The number of nitrogens with zero attached hydrogens (tertiary/aromatic N) is 2. The monoisotopic (exact) mass is 330 g/mol. The molecule has 7 heteroatoms. The second kappa shape index (κ2) is 6.37. The van der Waals surface area contributed by atoms with Crippen molar-refractivity contribution in [1.29, 1.82) is 0 Å². The molecule has 1 atom stereocenters. The van der Waals surface area contributed by atoms with E-state index in [4.69, 9.17) is 9.15 Å². The number of aromatic hydroxyl groups is 1. The largest absolute Gasteiger partial charge is 0.504 e. The van der Waals surface area contributed by atoms with Crippen molar-refractivity contribution < 1.29 is 19.2 Å². The Bertz CT molecular complexity index is 783. The maximum Gasteiger partial charge on any atom is 0.433 e. The molecule has 0 radical (unpaired) electrons. The van der Waals surface area contributed by atoms with Crippen LogP contribution in [0.5, 0.6) is 11.5 Å². The molecule has 0 amide bonds. The first-order chi connectivity index (χ1) is 11.5. The molecular formula is C17H18N2O5. The number of phenolic OH excluding ortho intramolecular Hbond substituents is 1. The lowest BCUT2D eigenvalue weighted by Gasteiger charge is -2.35. The molecule has 1 aromatic heterocycles. The number of benzene rings is 1. The Morgan fingerprint density at radius 1 is 1.54 bits per heavy atom. The van der Waals surface area contributed by atoms with Crippen molar-refractivity contribution in [3.8, 4) is 11.5 Å². The van der Waals surface area contributed by atoms with Gasteiger partial charge in [-0.2, -0.15) is 0 Å². The Labute approximate surface area is 138 Å². The van der Waals surface area contributed by atoms with Crippen LogP contribution >= 0.6 is 0 Å². The number of hydrogen-bond acceptors (Lipinski definition) is 6. The predicted molar refractivity (Wildman–Crippen MR) is 87.1 cm³/mol. The van der Waals surface area contributed by atoms with Gasteiger partial charge in [0.1, 0.15) is 10.7 Å². The van der Waals surface area contributed by atoms with Crippen LogP contribution in [0.2, 0.25) is 0 Å². The number of rotatable bonds is 5. The van der Waals surface area contributed by atoms with E-state index in [2.05, 4.69) is 11.5 Å². The summed E-state index contributed by atoms with van der Waals surface area (Å²) < 4.78 is 10.4. The van der Waals surface area contributed by atoms with E-state index in [1.807, 2.05) is 6.07 Å². The SMILES string of the molecule is C=CC1c2cc(O)c(OC)cc2CCN1Cc1ccc([N+](=O)[O-])o1. The number of furan rings is 1. The molecule has 1 aromatic carbocycles. The number of nitro groups is 1. The Morgan fingerprint density at radius 2 is 2.33 bits per heavy atom. The molecule has 2 aromatic rings. The molecule has 2 heterocycles. The van der Waals surface area contributed by atoms with Gasteiger partial charge in [0.05, 0.1) is 25.8 Å². The number of methoxy groups -OCH3 is 1. The van der Waals surface area contributed by atoms with Gasteiger partial charge in [0.15, 0.2) is 11.5 Å². The maximum absolute atomic E-state index is 10.7. The summed E-state index contributed by atoms with van der Waals surface area (Å²) in [5.74, 6) is 0.792. The summed E-state index contributed by atoms with van der Waals surface area (Å²) in [4.78, 5) is 12.3. The van der Waals surface area contributed by atoms with Crippen LogP contribution in [0.4, 0.5) is 5.88 Å². The highest BCUT2D eigenvalue weighted by molar-refractivity contribution is 5.49. The molecule has 0 fully saturated rings. The summed E-state index contributed by atoms with van der Waals surface area (Å²) in [6.45, 7) is 5.06. The third kappa shape index (κ3) is 2.85. The van der Waals surface area contributed by atoms with Crippen LogP contribution in [0.25, 0.3) is 0 Å². The van der Waals surface area contributed by atoms with Gasteiger partial charge in [-0.3, -0.25) is 15.0 Å². The van der Waals surface area contributed by atoms with Gasteiger partial charge in [-0.15, -0.1) is 6.58 Å². The molecule has 0 spiro atoms. The Morgan fingerprint density at radius 3 is 2.96 bits per heavy atom. The van der Waals surface area contributed by atoms with Crippen molar-refractivity contribution in [1.82, 2.24) is 4.90 Å². The van der Waals surface area contributed by atoms with Gasteiger partial charge in [-0.1, -0.05) is 6.08 Å². The summed E-state index contributed by atoms with van der Waals surface area (Å²) in [5, 5.41) is 20.8. The average molecular weight is 330 g/mol. The van der Waals surface area contributed by atoms with E-state index in [1.54, 1.807) is 18.2 Å². The van der Waals surface area contributed by atoms with Gasteiger partial charge < -0.3 is 14.3 Å². The summed E-state index contributed by atoms with van der Waals surface area (Å²) in [6, 6.07) is 6.38. The first-order valence-corrected chi connectivity index (χ1v) is 7.53. The van der Waals surface area contributed by atoms with Crippen molar-refractivity contribution in [3.05, 3.63) is 63.9 Å². The minimum absolute atomic E-state index is 0.0820. The van der Waals surface area contributed by atoms with E-state index in [0.29, 0.717) is 18.1 Å². The zero-order valence-corrected chi connectivity index (χ0v) is 13.3. The van der Waals surface area contributed by atoms with Crippen LogP contribution < -0.4 is 4.74 Å². The second-order valence-corrected chi connectivity index (χ2v) is 5.62. The fourth-order valence-corrected chi connectivity index (χ4v) is 3.09. The Balaban J connectivity index is 1.87. The molecule has 24 heavy (non-hydrogen) atoms. The van der Waals surface area contributed by atoms with Gasteiger partial charge in [0, 0.05) is 6.54 Å². The molecule has 1 aliphatic rings. The third-order valence-electron chi connectivity index (χ3n) is 4.23. The van der Waals surface area contributed by atoms with E-state index < -0.39 is 4.92 Å². The van der Waals surface area contributed by atoms with Crippen molar-refractivity contribution >= 4 is 5.88 Å². The third-order valence-corrected chi connectivity index (χ3v) is 4.23. The Kier molecular flexibility index (Phi) is 4.26. The number of ether oxygens (including phenoxy) is 1. The van der Waals surface area contributed by atoms with Crippen LogP contribution in [0.15, 0.2) is 41.3 Å². The standard InChI is InChI=1S/C17H18N2O5/c1-3-14-13-9-15(20)16(23-2)8-11(13)6-7-18(14)10-12-4-5-17(24-12)19(21)22/h3-5,8-9,14,20H,1,6-7,10H2,2H3. The molecule has 3 rings (SSSR count). The molecule has 1 unspecified atom stereocenters. The minimum atomic E-state index is -0.551. The molecule has 1 aliphatic heterocycles. The lowest BCUT2D eigenvalue weighted by molar-refractivity contribution is -0.402. The fraction of sp³-hybridized carbons (Fsp3) is 0.294. The quantitative estimate of drug-likeness (QED) is 0.514. The molecule has 0 saturated heterocycles. The molecule has 126 valence electrons. The zero-order valence-electron chi connectivity index (χ0n) is 13.3. The van der Waals surface area contributed by atoms with Crippen LogP contribution in [-0.4, -0.2) is 28.6 Å². The van der Waals surface area contributed by atoms with Crippen molar-refractivity contribution in [2.45, 2.75) is 19.0 Å². The number of hydrogen-bond donors (Lipinski definition) is 1. The van der Waals surface area contributed by atoms with Crippen LogP contribution in [0, 0.1) is 10.1 Å². The van der Waals surface area contributed by atoms with Gasteiger partial charge in [0.25, 0.3) is 0 Å². The van der Waals surface area contributed by atoms with Gasteiger partial charge in [0.2, 0.25) is 0 Å². The van der Waals surface area contributed by atoms with E-state index >= 15 is 0 Å². The van der Waals surface area contributed by atoms with Crippen LogP contribution in [-0.2, 0) is 13.0 Å². The van der Waals surface area contributed by atoms with Gasteiger partial charge >= 0.3 is 5.88 Å². The van der Waals surface area contributed by atoms with Crippen LogP contribution in [0.3, 0.4) is 0 Å². The van der Waals surface area contributed by atoms with E-state index in [0.717, 1.165) is 24.1 Å². The molecule has 0 bridgehead atoms. The number of fused-ring (bicyclic) bond motifs is 1. The normalized spacial score (nSPS) is 17.3. The van der Waals surface area contributed by atoms with Crippen LogP contribution in [0.1, 0.15) is 22.9 Å². The molecule has 0 saturated carbocycles. The summed E-state index contributed by atoms with van der Waals surface area (Å²) in [5.41, 5.74) is 2.05. The van der Waals surface area contributed by atoms with Gasteiger partial charge in [-0.25, -0.2) is 0 Å². The minimum Gasteiger partial charge on any atom is -0.504 e. The molecule has 1 N–H and O–H groups in total. The fourth-order valence-electron chi connectivity index (χ4n) is 3.09.